The van der Waals surface area contributed by atoms with E-state index in [0.29, 0.717) is 38.2 Å². The number of unbranched alkanes of at least 4 members (excludes halogenated alkanes) is 2. The van der Waals surface area contributed by atoms with Crippen molar-refractivity contribution in [3.63, 3.8) is 0 Å². The van der Waals surface area contributed by atoms with Crippen molar-refractivity contribution >= 4 is 5.97 Å². The van der Waals surface area contributed by atoms with Crippen LogP contribution in [0.4, 0.5) is 0 Å². The second kappa shape index (κ2) is 15.1. The number of carboxylic acids is 1. The van der Waals surface area contributed by atoms with Crippen LogP contribution in [0.5, 0.6) is 0 Å². The van der Waals surface area contributed by atoms with Gasteiger partial charge < -0.3 is 29.6 Å². The minimum atomic E-state index is -0.751. The fourth-order valence-corrected chi connectivity index (χ4v) is 6.45. The van der Waals surface area contributed by atoms with Crippen molar-refractivity contribution in [1.82, 2.24) is 0 Å². The van der Waals surface area contributed by atoms with Crippen LogP contribution in [0.1, 0.15) is 101 Å². The number of rotatable bonds is 15. The van der Waals surface area contributed by atoms with Gasteiger partial charge in [-0.3, -0.25) is 4.79 Å². The predicted octanol–water partition coefficient (Wildman–Crippen LogP) is 5.36. The molecule has 1 aliphatic heterocycles. The van der Waals surface area contributed by atoms with Crippen LogP contribution in [-0.2, 0) is 9.53 Å². The molecule has 0 radical (unpaired) electrons. The highest BCUT2D eigenvalue weighted by Crippen LogP contribution is 2.46. The maximum atomic E-state index is 11.2. The zero-order chi connectivity index (χ0) is 26.8. The molecular weight excluding hydrogens is 472 g/mol. The van der Waals surface area contributed by atoms with E-state index in [-0.39, 0.29) is 36.9 Å². The quantitative estimate of drug-likeness (QED) is 0.181. The van der Waals surface area contributed by atoms with Crippen molar-refractivity contribution in [3.8, 4) is 0 Å². The van der Waals surface area contributed by atoms with Crippen molar-refractivity contribution in [2.24, 2.45) is 17.8 Å². The van der Waals surface area contributed by atoms with Crippen LogP contribution in [0.2, 0.25) is 0 Å². The Hall–Kier alpha value is -1.67. The third-order valence-corrected chi connectivity index (χ3v) is 8.36. The van der Waals surface area contributed by atoms with Crippen LogP contribution < -0.4 is 0 Å². The van der Waals surface area contributed by atoms with Gasteiger partial charge >= 0.3 is 5.97 Å². The van der Waals surface area contributed by atoms with Gasteiger partial charge in [0.2, 0.25) is 0 Å². The molecule has 2 unspecified atom stereocenters. The van der Waals surface area contributed by atoms with Gasteiger partial charge in [-0.15, -0.1) is 0 Å². The maximum Gasteiger partial charge on any atom is 0.303 e. The first-order valence-corrected chi connectivity index (χ1v) is 14.4. The number of hydrogen-bond acceptors (Lipinski definition) is 6. The van der Waals surface area contributed by atoms with Gasteiger partial charge in [0.1, 0.15) is 11.5 Å². The monoisotopic (exact) mass is 520 g/mol. The van der Waals surface area contributed by atoms with Crippen LogP contribution in [0.25, 0.3) is 0 Å². The molecule has 0 amide bonds. The number of furan rings is 1. The molecule has 0 bridgehead atoms. The Morgan fingerprint density at radius 3 is 2.68 bits per heavy atom. The summed E-state index contributed by atoms with van der Waals surface area (Å²) < 4.78 is 12.1. The third kappa shape index (κ3) is 8.95. The van der Waals surface area contributed by atoms with Gasteiger partial charge in [-0.2, -0.15) is 0 Å². The van der Waals surface area contributed by atoms with Gasteiger partial charge in [0, 0.05) is 37.9 Å². The van der Waals surface area contributed by atoms with E-state index in [1.54, 1.807) is 0 Å². The van der Waals surface area contributed by atoms with E-state index < -0.39 is 18.2 Å². The molecular formula is C30H48O7. The summed E-state index contributed by atoms with van der Waals surface area (Å²) >= 11 is 0. The summed E-state index contributed by atoms with van der Waals surface area (Å²) in [6.45, 7) is 4.72. The van der Waals surface area contributed by atoms with Crippen LogP contribution in [0.3, 0.4) is 0 Å². The molecule has 4 N–H and O–H groups in total. The smallest absolute Gasteiger partial charge is 0.303 e. The molecule has 2 fully saturated rings. The lowest BCUT2D eigenvalue weighted by Gasteiger charge is -2.28. The topological polar surface area (TPSA) is 120 Å². The summed E-state index contributed by atoms with van der Waals surface area (Å²) in [4.78, 5) is 10.9. The minimum absolute atomic E-state index is 0.00410. The molecule has 0 spiro atoms. The second-order valence-corrected chi connectivity index (χ2v) is 11.3. The van der Waals surface area contributed by atoms with Gasteiger partial charge in [0.05, 0.1) is 18.3 Å². The predicted molar refractivity (Wildman–Crippen MR) is 142 cm³/mol. The molecule has 2 aliphatic rings. The Morgan fingerprint density at radius 1 is 1.19 bits per heavy atom. The minimum Gasteiger partial charge on any atom is -0.481 e. The Kier molecular flexibility index (Phi) is 12.2. The number of aryl methyl sites for hydroxylation is 1. The summed E-state index contributed by atoms with van der Waals surface area (Å²) in [5, 5.41) is 40.9. The highest BCUT2D eigenvalue weighted by atomic mass is 16.5. The normalized spacial score (nSPS) is 28.0. The van der Waals surface area contributed by atoms with Gasteiger partial charge in [-0.25, -0.2) is 0 Å². The first kappa shape index (κ1) is 29.9. The van der Waals surface area contributed by atoms with E-state index in [1.165, 1.54) is 0 Å². The van der Waals surface area contributed by atoms with E-state index in [9.17, 15) is 20.1 Å². The van der Waals surface area contributed by atoms with Crippen LogP contribution in [-0.4, -0.2) is 57.9 Å². The highest BCUT2D eigenvalue weighted by Gasteiger charge is 2.46. The lowest BCUT2D eigenvalue weighted by molar-refractivity contribution is -0.137. The number of aliphatic hydroxyl groups is 3. The molecule has 1 aliphatic carbocycles. The molecule has 1 saturated carbocycles. The summed E-state index contributed by atoms with van der Waals surface area (Å²) in [6.07, 6.45) is 10.1. The van der Waals surface area contributed by atoms with Crippen molar-refractivity contribution in [3.05, 3.63) is 35.3 Å². The average Bonchev–Trinajstić information content (AvgIpc) is 3.35. The largest absolute Gasteiger partial charge is 0.481 e. The lowest BCUT2D eigenvalue weighted by Crippen LogP contribution is -2.25. The van der Waals surface area contributed by atoms with Gasteiger partial charge in [0.25, 0.3) is 0 Å². The fourth-order valence-electron chi connectivity index (χ4n) is 6.45. The number of hydrogen-bond donors (Lipinski definition) is 4. The summed E-state index contributed by atoms with van der Waals surface area (Å²) in [7, 11) is 0. The summed E-state index contributed by atoms with van der Waals surface area (Å²) in [6, 6.07) is 3.84. The molecule has 1 aromatic heterocycles. The third-order valence-electron chi connectivity index (χ3n) is 8.36. The number of carbonyl (C=O) groups is 1. The van der Waals surface area contributed by atoms with Crippen LogP contribution in [0, 0.1) is 24.7 Å². The lowest BCUT2D eigenvalue weighted by atomic mass is 9.79. The molecule has 210 valence electrons. The van der Waals surface area contributed by atoms with Crippen LogP contribution >= 0.6 is 0 Å². The Bertz CT molecular complexity index is 847. The SMILES string of the molecule is CCCCC/C(=C\C(O)CC(CCO)c1ccc(C)o1)[C@@H]1[C@H]2CC[C@H](CCCC(=O)O)CO[C@H]2C[C@H]1O. The Balaban J connectivity index is 1.73. The molecule has 7 heteroatoms. The van der Waals surface area contributed by atoms with Crippen molar-refractivity contribution in [2.75, 3.05) is 13.2 Å². The summed E-state index contributed by atoms with van der Waals surface area (Å²) in [5.41, 5.74) is 1.13. The van der Waals surface area contributed by atoms with Gasteiger partial charge in [-0.1, -0.05) is 31.4 Å². The van der Waals surface area contributed by atoms with E-state index in [0.717, 1.165) is 62.0 Å². The van der Waals surface area contributed by atoms with Crippen LogP contribution in [0.15, 0.2) is 28.2 Å². The number of carboxylic acid groups (broad SMARTS) is 1. The van der Waals surface area contributed by atoms with E-state index in [1.807, 2.05) is 25.1 Å². The molecule has 0 aromatic carbocycles. The first-order chi connectivity index (χ1) is 17.8. The number of ether oxygens (including phenoxy) is 1. The zero-order valence-electron chi connectivity index (χ0n) is 22.7. The zero-order valence-corrected chi connectivity index (χ0v) is 22.7. The molecule has 7 atom stereocenters. The van der Waals surface area contributed by atoms with Gasteiger partial charge in [0.15, 0.2) is 0 Å². The maximum absolute atomic E-state index is 11.2. The number of fused-ring (bicyclic) bond motifs is 1. The van der Waals surface area contributed by atoms with E-state index in [2.05, 4.69) is 6.92 Å². The number of aliphatic carboxylic acids is 1. The average molecular weight is 521 g/mol. The fraction of sp³-hybridized carbons (Fsp3) is 0.767. The molecule has 1 saturated heterocycles. The standard InChI is InChI=1S/C30H48O7/c1-3-4-5-8-23(17-24(32)16-22(14-15-31)27-13-10-20(2)37-27)30-25-12-11-21(7-6-9-29(34)35)19-36-28(25)18-26(30)33/h10,13,17,21-22,24-26,28,30-33H,3-9,11-12,14-16,18-19H2,1-2H3,(H,34,35)/b23-17+/t21-,22?,24?,25-,26+,28-,30+/m0/s1. The van der Waals surface area contributed by atoms with Crippen molar-refractivity contribution in [1.29, 1.82) is 0 Å². The molecule has 37 heavy (non-hydrogen) atoms. The Morgan fingerprint density at radius 2 is 2.00 bits per heavy atom. The molecule has 1 aromatic rings. The number of aliphatic hydroxyl groups excluding tert-OH is 3. The second-order valence-electron chi connectivity index (χ2n) is 11.3. The van der Waals surface area contributed by atoms with E-state index in [4.69, 9.17) is 14.3 Å². The van der Waals surface area contributed by atoms with Gasteiger partial charge in [-0.05, 0) is 82.3 Å². The molecule has 3 rings (SSSR count). The summed E-state index contributed by atoms with van der Waals surface area (Å²) in [5.74, 6) is 1.32. The highest BCUT2D eigenvalue weighted by molar-refractivity contribution is 5.66. The molecule has 2 heterocycles. The van der Waals surface area contributed by atoms with Crippen molar-refractivity contribution < 1.29 is 34.4 Å². The Labute approximate surface area is 221 Å². The van der Waals surface area contributed by atoms with E-state index >= 15 is 0 Å². The van der Waals surface area contributed by atoms with Crippen molar-refractivity contribution in [2.45, 2.75) is 115 Å². The molecule has 7 nitrogen and oxygen atoms in total. The first-order valence-electron chi connectivity index (χ1n) is 14.4.